The van der Waals surface area contributed by atoms with Gasteiger partial charge in [0.05, 0.1) is 6.61 Å². The Morgan fingerprint density at radius 3 is 2.81 bits per heavy atom. The Labute approximate surface area is 153 Å². The molecule has 1 aliphatic carbocycles. The SMILES string of the molecule is C=C1C(=O)O[C@@H]2/C=C(\COC(=O)CC(C)C)CC/C=C(/CO)C(=O)C[C@@H]12. The van der Waals surface area contributed by atoms with Crippen LogP contribution in [0.5, 0.6) is 0 Å². The second-order valence-corrected chi connectivity index (χ2v) is 7.14. The van der Waals surface area contributed by atoms with Crippen LogP contribution in [0, 0.1) is 11.8 Å². The molecule has 0 saturated carbocycles. The van der Waals surface area contributed by atoms with E-state index in [0.29, 0.717) is 24.8 Å². The Bertz CT molecular complexity index is 655. The number of carbonyl (C=O) groups excluding carboxylic acids is 3. The lowest BCUT2D eigenvalue weighted by molar-refractivity contribution is -0.143. The highest BCUT2D eigenvalue weighted by molar-refractivity contribution is 5.98. The van der Waals surface area contributed by atoms with Gasteiger partial charge in [0, 0.05) is 29.9 Å². The fourth-order valence-corrected chi connectivity index (χ4v) is 3.05. The Kier molecular flexibility index (Phi) is 6.91. The van der Waals surface area contributed by atoms with E-state index in [1.54, 1.807) is 12.2 Å². The van der Waals surface area contributed by atoms with E-state index in [2.05, 4.69) is 6.58 Å². The van der Waals surface area contributed by atoms with Gasteiger partial charge in [-0.3, -0.25) is 9.59 Å². The predicted molar refractivity (Wildman–Crippen MR) is 95.0 cm³/mol. The summed E-state index contributed by atoms with van der Waals surface area (Å²) >= 11 is 0. The number of carbonyl (C=O) groups is 3. The monoisotopic (exact) mass is 362 g/mol. The highest BCUT2D eigenvalue weighted by atomic mass is 16.6. The molecule has 1 fully saturated rings. The van der Waals surface area contributed by atoms with Crippen LogP contribution in [0.25, 0.3) is 0 Å². The van der Waals surface area contributed by atoms with Crippen molar-refractivity contribution in [1.29, 1.82) is 0 Å². The molecule has 0 aromatic rings. The summed E-state index contributed by atoms with van der Waals surface area (Å²) in [6.45, 7) is 7.39. The van der Waals surface area contributed by atoms with Crippen molar-refractivity contribution in [1.82, 2.24) is 0 Å². The van der Waals surface area contributed by atoms with E-state index < -0.39 is 18.0 Å². The Morgan fingerprint density at radius 2 is 2.15 bits per heavy atom. The van der Waals surface area contributed by atoms with Crippen LogP contribution in [0.15, 0.2) is 35.5 Å². The molecule has 0 unspecified atom stereocenters. The van der Waals surface area contributed by atoms with Gasteiger partial charge in [0.15, 0.2) is 5.78 Å². The number of fused-ring (bicyclic) bond motifs is 1. The first kappa shape index (κ1) is 20.1. The first-order valence-corrected chi connectivity index (χ1v) is 8.89. The minimum Gasteiger partial charge on any atom is -0.461 e. The summed E-state index contributed by atoms with van der Waals surface area (Å²) < 4.78 is 10.7. The molecule has 1 N–H and O–H groups in total. The lowest BCUT2D eigenvalue weighted by Gasteiger charge is -2.18. The molecule has 142 valence electrons. The zero-order valence-corrected chi connectivity index (χ0v) is 15.3. The average Bonchev–Trinajstić information content (AvgIpc) is 2.83. The number of esters is 2. The molecule has 0 aromatic carbocycles. The molecule has 2 aliphatic rings. The van der Waals surface area contributed by atoms with Crippen molar-refractivity contribution < 1.29 is 29.0 Å². The summed E-state index contributed by atoms with van der Waals surface area (Å²) in [7, 11) is 0. The number of ketones is 1. The van der Waals surface area contributed by atoms with Gasteiger partial charge in [-0.15, -0.1) is 0 Å². The van der Waals surface area contributed by atoms with Gasteiger partial charge in [0.1, 0.15) is 12.7 Å². The number of Topliss-reactive ketones (excluding diaryl/α,β-unsaturated/α-hetero) is 1. The lowest BCUT2D eigenvalue weighted by Crippen LogP contribution is -2.22. The van der Waals surface area contributed by atoms with E-state index >= 15 is 0 Å². The van der Waals surface area contributed by atoms with Crippen molar-refractivity contribution in [2.24, 2.45) is 11.8 Å². The lowest BCUT2D eigenvalue weighted by atomic mass is 9.87. The quantitative estimate of drug-likeness (QED) is 0.458. The van der Waals surface area contributed by atoms with Crippen molar-refractivity contribution in [2.75, 3.05) is 13.2 Å². The highest BCUT2D eigenvalue weighted by Gasteiger charge is 2.39. The van der Waals surface area contributed by atoms with E-state index in [1.165, 1.54) is 0 Å². The molecule has 0 aromatic heterocycles. The Balaban J connectivity index is 2.19. The molecule has 1 aliphatic heterocycles. The topological polar surface area (TPSA) is 89.9 Å². The number of ether oxygens (including phenoxy) is 2. The Morgan fingerprint density at radius 1 is 1.42 bits per heavy atom. The summed E-state index contributed by atoms with van der Waals surface area (Å²) in [4.78, 5) is 36.0. The van der Waals surface area contributed by atoms with E-state index in [9.17, 15) is 19.5 Å². The van der Waals surface area contributed by atoms with Crippen LogP contribution < -0.4 is 0 Å². The smallest absolute Gasteiger partial charge is 0.334 e. The first-order chi connectivity index (χ1) is 12.3. The summed E-state index contributed by atoms with van der Waals surface area (Å²) in [5.74, 6) is -1.25. The van der Waals surface area contributed by atoms with Crippen LogP contribution in [0.2, 0.25) is 0 Å². The van der Waals surface area contributed by atoms with E-state index in [0.717, 1.165) is 5.57 Å². The zero-order valence-electron chi connectivity index (χ0n) is 15.3. The Hall–Kier alpha value is -2.21. The van der Waals surface area contributed by atoms with Crippen molar-refractivity contribution in [3.05, 3.63) is 35.5 Å². The maximum Gasteiger partial charge on any atom is 0.334 e. The molecule has 0 bridgehead atoms. The zero-order chi connectivity index (χ0) is 19.3. The molecule has 26 heavy (non-hydrogen) atoms. The third-order valence-electron chi connectivity index (χ3n) is 4.53. The highest BCUT2D eigenvalue weighted by Crippen LogP contribution is 2.33. The summed E-state index contributed by atoms with van der Waals surface area (Å²) in [6, 6.07) is 0. The molecule has 2 atom stereocenters. The molecule has 1 heterocycles. The molecule has 2 rings (SSSR count). The van der Waals surface area contributed by atoms with E-state index in [4.69, 9.17) is 9.47 Å². The molecule has 1 saturated heterocycles. The van der Waals surface area contributed by atoms with Crippen molar-refractivity contribution >= 4 is 17.7 Å². The van der Waals surface area contributed by atoms with Gasteiger partial charge in [-0.05, 0) is 30.4 Å². The van der Waals surface area contributed by atoms with Crippen LogP contribution in [-0.2, 0) is 23.9 Å². The fraction of sp³-hybridized carbons (Fsp3) is 0.550. The van der Waals surface area contributed by atoms with Crippen LogP contribution in [0.4, 0.5) is 0 Å². The van der Waals surface area contributed by atoms with Crippen LogP contribution in [0.1, 0.15) is 39.5 Å². The van der Waals surface area contributed by atoms with Gasteiger partial charge in [-0.2, -0.15) is 0 Å². The van der Waals surface area contributed by atoms with Crippen LogP contribution in [0.3, 0.4) is 0 Å². The van der Waals surface area contributed by atoms with Gasteiger partial charge in [0.2, 0.25) is 0 Å². The molecular weight excluding hydrogens is 336 g/mol. The number of aliphatic hydroxyl groups excluding tert-OH is 1. The van der Waals surface area contributed by atoms with Gasteiger partial charge in [-0.1, -0.05) is 26.5 Å². The van der Waals surface area contributed by atoms with Gasteiger partial charge >= 0.3 is 11.9 Å². The van der Waals surface area contributed by atoms with Gasteiger partial charge < -0.3 is 14.6 Å². The molecule has 0 amide bonds. The average molecular weight is 362 g/mol. The fourth-order valence-electron chi connectivity index (χ4n) is 3.05. The molecule has 6 heteroatoms. The minimum absolute atomic E-state index is 0.0541. The maximum atomic E-state index is 12.3. The maximum absolute atomic E-state index is 12.3. The van der Waals surface area contributed by atoms with Crippen molar-refractivity contribution in [2.45, 2.75) is 45.6 Å². The second-order valence-electron chi connectivity index (χ2n) is 7.14. The third-order valence-corrected chi connectivity index (χ3v) is 4.53. The number of hydrogen-bond acceptors (Lipinski definition) is 6. The predicted octanol–water partition coefficient (Wildman–Crippen LogP) is 2.27. The van der Waals surface area contributed by atoms with Gasteiger partial charge in [0.25, 0.3) is 0 Å². The number of allylic oxidation sites excluding steroid dienone is 1. The summed E-state index contributed by atoms with van der Waals surface area (Å²) in [5.41, 5.74) is 1.41. The van der Waals surface area contributed by atoms with Crippen LogP contribution >= 0.6 is 0 Å². The second kappa shape index (κ2) is 8.94. The first-order valence-electron chi connectivity index (χ1n) is 8.89. The number of aliphatic hydroxyl groups is 1. The van der Waals surface area contributed by atoms with Crippen molar-refractivity contribution in [3.63, 3.8) is 0 Å². The van der Waals surface area contributed by atoms with E-state index in [1.807, 2.05) is 13.8 Å². The van der Waals surface area contributed by atoms with Crippen molar-refractivity contribution in [3.8, 4) is 0 Å². The third kappa shape index (κ3) is 5.14. The molecule has 6 nitrogen and oxygen atoms in total. The minimum atomic E-state index is -0.601. The molecule has 0 spiro atoms. The molecule has 0 radical (unpaired) electrons. The van der Waals surface area contributed by atoms with Crippen LogP contribution in [-0.4, -0.2) is 42.1 Å². The number of hydrogen-bond donors (Lipinski definition) is 1. The summed E-state index contributed by atoms with van der Waals surface area (Å²) in [6.07, 6.45) is 4.34. The molecular formula is C20H26O6. The normalized spacial score (nSPS) is 27.9. The largest absolute Gasteiger partial charge is 0.461 e. The standard InChI is InChI=1S/C20H26O6/c1-12(2)7-19(23)25-11-14-5-4-6-15(10-21)17(22)9-16-13(3)20(24)26-18(16)8-14/h6,8,12,16,18,21H,3-5,7,9-11H2,1-2H3/b14-8-,15-6-/t16-,18+/m0/s1. The van der Waals surface area contributed by atoms with Gasteiger partial charge in [-0.25, -0.2) is 4.79 Å². The van der Waals surface area contributed by atoms with E-state index in [-0.39, 0.29) is 42.9 Å². The number of rotatable bonds is 5. The summed E-state index contributed by atoms with van der Waals surface area (Å²) in [5, 5.41) is 9.43.